The van der Waals surface area contributed by atoms with Gasteiger partial charge in [0.05, 0.1) is 5.69 Å². The number of halogens is 2. The monoisotopic (exact) mass is 384 g/mol. The molecule has 1 amide bonds. The summed E-state index contributed by atoms with van der Waals surface area (Å²) in [6.45, 7) is 2.73. The zero-order chi connectivity index (χ0) is 18.8. The van der Waals surface area contributed by atoms with Gasteiger partial charge in [-0.3, -0.25) is 4.79 Å². The van der Waals surface area contributed by atoms with Gasteiger partial charge in [-0.05, 0) is 48.5 Å². The van der Waals surface area contributed by atoms with E-state index in [-0.39, 0.29) is 11.7 Å². The number of piperazine rings is 1. The topological polar surface area (TPSA) is 41.4 Å². The molecule has 0 aliphatic carbocycles. The lowest BCUT2D eigenvalue weighted by molar-refractivity contribution is 0.0740. The zero-order valence-electron chi connectivity index (χ0n) is 14.6. The number of hydrogen-bond donors (Lipinski definition) is 0. The van der Waals surface area contributed by atoms with Gasteiger partial charge < -0.3 is 9.80 Å². The minimum absolute atomic E-state index is 0.110. The average molecular weight is 385 g/mol. The molecule has 0 spiro atoms. The number of rotatable bonds is 3. The summed E-state index contributed by atoms with van der Waals surface area (Å²) in [6, 6.07) is 15.5. The third kappa shape index (κ3) is 3.80. The predicted octanol–water partition coefficient (Wildman–Crippen LogP) is 3.63. The van der Waals surface area contributed by atoms with E-state index in [0.29, 0.717) is 29.5 Å². The lowest BCUT2D eigenvalue weighted by atomic mass is 10.2. The van der Waals surface area contributed by atoms with Gasteiger partial charge in [0.1, 0.15) is 5.82 Å². The van der Waals surface area contributed by atoms with Crippen molar-refractivity contribution in [2.45, 2.75) is 0 Å². The Labute approximate surface area is 161 Å². The van der Waals surface area contributed by atoms with E-state index in [0.717, 1.165) is 18.8 Å². The first-order valence-electron chi connectivity index (χ1n) is 8.71. The minimum Gasteiger partial charge on any atom is -0.368 e. The van der Waals surface area contributed by atoms with E-state index >= 15 is 0 Å². The van der Waals surface area contributed by atoms with Crippen LogP contribution < -0.4 is 4.90 Å². The van der Waals surface area contributed by atoms with Crippen LogP contribution in [-0.4, -0.2) is 46.8 Å². The van der Waals surface area contributed by atoms with E-state index in [1.807, 2.05) is 24.3 Å². The van der Waals surface area contributed by atoms with Crippen molar-refractivity contribution < 1.29 is 9.18 Å². The number of amides is 1. The van der Waals surface area contributed by atoms with Crippen molar-refractivity contribution in [1.82, 2.24) is 14.7 Å². The molecule has 0 radical (unpaired) electrons. The molecule has 1 aromatic heterocycles. The fourth-order valence-corrected chi connectivity index (χ4v) is 3.31. The number of carbonyl (C=O) groups is 1. The SMILES string of the molecule is O=C(c1ccn(-c2cccc(F)c2)n1)N1CCN(c2ccc(Cl)cc2)CC1. The Kier molecular flexibility index (Phi) is 4.81. The first-order chi connectivity index (χ1) is 13.1. The van der Waals surface area contributed by atoms with Crippen molar-refractivity contribution in [3.8, 4) is 5.69 Å². The molecule has 5 nitrogen and oxygen atoms in total. The van der Waals surface area contributed by atoms with Crippen molar-refractivity contribution in [3.05, 3.63) is 77.3 Å². The largest absolute Gasteiger partial charge is 0.368 e. The molecule has 7 heteroatoms. The van der Waals surface area contributed by atoms with E-state index in [9.17, 15) is 9.18 Å². The fourth-order valence-electron chi connectivity index (χ4n) is 3.18. The number of carbonyl (C=O) groups excluding carboxylic acids is 1. The molecule has 0 saturated carbocycles. The molecular weight excluding hydrogens is 367 g/mol. The zero-order valence-corrected chi connectivity index (χ0v) is 15.3. The number of aromatic nitrogens is 2. The number of nitrogens with zero attached hydrogens (tertiary/aromatic N) is 4. The molecule has 4 rings (SSSR count). The lowest BCUT2D eigenvalue weighted by Crippen LogP contribution is -2.48. The predicted molar refractivity (Wildman–Crippen MR) is 103 cm³/mol. The van der Waals surface area contributed by atoms with E-state index in [2.05, 4.69) is 10.00 Å². The summed E-state index contributed by atoms with van der Waals surface area (Å²) in [5, 5.41) is 5.02. The molecule has 1 fully saturated rings. The number of hydrogen-bond acceptors (Lipinski definition) is 3. The second-order valence-electron chi connectivity index (χ2n) is 6.38. The van der Waals surface area contributed by atoms with Crippen LogP contribution in [0.15, 0.2) is 60.8 Å². The maximum Gasteiger partial charge on any atom is 0.274 e. The summed E-state index contributed by atoms with van der Waals surface area (Å²) in [6.07, 6.45) is 1.67. The molecule has 2 aromatic carbocycles. The van der Waals surface area contributed by atoms with Crippen LogP contribution in [0.5, 0.6) is 0 Å². The number of benzene rings is 2. The van der Waals surface area contributed by atoms with Crippen LogP contribution in [0.3, 0.4) is 0 Å². The molecule has 0 N–H and O–H groups in total. The summed E-state index contributed by atoms with van der Waals surface area (Å²) < 4.78 is 14.9. The molecule has 0 bridgehead atoms. The maximum absolute atomic E-state index is 13.4. The van der Waals surface area contributed by atoms with Crippen molar-refractivity contribution in [3.63, 3.8) is 0 Å². The van der Waals surface area contributed by atoms with Crippen LogP contribution in [0, 0.1) is 5.82 Å². The Balaban J connectivity index is 1.42. The maximum atomic E-state index is 13.4. The van der Waals surface area contributed by atoms with Crippen molar-refractivity contribution in [1.29, 1.82) is 0 Å². The second-order valence-corrected chi connectivity index (χ2v) is 6.82. The van der Waals surface area contributed by atoms with Crippen LogP contribution in [0.4, 0.5) is 10.1 Å². The van der Waals surface area contributed by atoms with Gasteiger partial charge in [-0.15, -0.1) is 0 Å². The first kappa shape index (κ1) is 17.5. The van der Waals surface area contributed by atoms with Crippen molar-refractivity contribution >= 4 is 23.2 Å². The summed E-state index contributed by atoms with van der Waals surface area (Å²) in [5.41, 5.74) is 2.04. The summed E-state index contributed by atoms with van der Waals surface area (Å²) in [4.78, 5) is 16.8. The summed E-state index contributed by atoms with van der Waals surface area (Å²) in [7, 11) is 0. The Bertz CT molecular complexity index is 949. The first-order valence-corrected chi connectivity index (χ1v) is 9.09. The molecule has 0 unspecified atom stereocenters. The molecule has 1 aliphatic rings. The highest BCUT2D eigenvalue weighted by Crippen LogP contribution is 2.20. The number of anilines is 1. The molecule has 1 aliphatic heterocycles. The average Bonchev–Trinajstić information content (AvgIpc) is 3.18. The van der Waals surface area contributed by atoms with Gasteiger partial charge in [0.25, 0.3) is 5.91 Å². The Morgan fingerprint density at radius 1 is 0.963 bits per heavy atom. The smallest absolute Gasteiger partial charge is 0.274 e. The molecule has 1 saturated heterocycles. The highest BCUT2D eigenvalue weighted by atomic mass is 35.5. The van der Waals surface area contributed by atoms with Gasteiger partial charge in [0.2, 0.25) is 0 Å². The van der Waals surface area contributed by atoms with Gasteiger partial charge >= 0.3 is 0 Å². The quantitative estimate of drug-likeness (QED) is 0.692. The van der Waals surface area contributed by atoms with Gasteiger partial charge in [0, 0.05) is 43.1 Å². The van der Waals surface area contributed by atoms with Gasteiger partial charge in [-0.2, -0.15) is 5.10 Å². The normalized spacial score (nSPS) is 14.4. The Hall–Kier alpha value is -2.86. The van der Waals surface area contributed by atoms with E-state index in [1.54, 1.807) is 29.3 Å². The van der Waals surface area contributed by atoms with Crippen LogP contribution in [0.2, 0.25) is 5.02 Å². The molecule has 27 heavy (non-hydrogen) atoms. The fraction of sp³-hybridized carbons (Fsp3) is 0.200. The highest BCUT2D eigenvalue weighted by molar-refractivity contribution is 6.30. The van der Waals surface area contributed by atoms with Crippen LogP contribution in [0.1, 0.15) is 10.5 Å². The molecule has 3 aromatic rings. The molecule has 0 atom stereocenters. The van der Waals surface area contributed by atoms with Gasteiger partial charge in [0.15, 0.2) is 5.69 Å². The van der Waals surface area contributed by atoms with Crippen molar-refractivity contribution in [2.24, 2.45) is 0 Å². The Morgan fingerprint density at radius 3 is 2.41 bits per heavy atom. The standard InChI is InChI=1S/C20H18ClFN4O/c21-15-4-6-17(7-5-15)24-10-12-25(13-11-24)20(27)19-8-9-26(23-19)18-3-1-2-16(22)14-18/h1-9,14H,10-13H2. The van der Waals surface area contributed by atoms with Crippen molar-refractivity contribution in [2.75, 3.05) is 31.1 Å². The van der Waals surface area contributed by atoms with Gasteiger partial charge in [-0.1, -0.05) is 17.7 Å². The third-order valence-corrected chi connectivity index (χ3v) is 4.89. The molecule has 2 heterocycles. The van der Waals surface area contributed by atoms with Crippen LogP contribution >= 0.6 is 11.6 Å². The van der Waals surface area contributed by atoms with E-state index < -0.39 is 0 Å². The second kappa shape index (κ2) is 7.40. The highest BCUT2D eigenvalue weighted by Gasteiger charge is 2.24. The molecular formula is C20H18ClFN4O. The Morgan fingerprint density at radius 2 is 1.70 bits per heavy atom. The lowest BCUT2D eigenvalue weighted by Gasteiger charge is -2.35. The van der Waals surface area contributed by atoms with E-state index in [1.165, 1.54) is 16.8 Å². The molecule has 138 valence electrons. The van der Waals surface area contributed by atoms with E-state index in [4.69, 9.17) is 11.6 Å². The van der Waals surface area contributed by atoms with Gasteiger partial charge in [-0.25, -0.2) is 9.07 Å². The minimum atomic E-state index is -0.339. The third-order valence-electron chi connectivity index (χ3n) is 4.64. The van der Waals surface area contributed by atoms with Crippen LogP contribution in [0.25, 0.3) is 5.69 Å². The summed E-state index contributed by atoms with van der Waals surface area (Å²) >= 11 is 5.94. The van der Waals surface area contributed by atoms with Crippen LogP contribution in [-0.2, 0) is 0 Å². The summed E-state index contributed by atoms with van der Waals surface area (Å²) in [5.74, 6) is -0.449.